The number of primary amides is 1. The number of amides is 3. The van der Waals surface area contributed by atoms with E-state index in [4.69, 9.17) is 23.9 Å². The zero-order chi connectivity index (χ0) is 24.9. The first-order valence-corrected chi connectivity index (χ1v) is 11.2. The standard InChI is InChI=1S/C24H21ClN8O2/c1-13-17-10-14(11-18(25)22(17)31(3)29-13)21-20(23(26)34)19-12-32(8-9-33(19)30-21)24(35)28-16-6-4-15(27-2)5-7-16/h4-7,10-11H,8-9,12H2,1,3H3,(H2,26,34)(H,28,35). The molecule has 5 rings (SSSR count). The molecule has 0 fully saturated rings. The van der Waals surface area contributed by atoms with Gasteiger partial charge in [-0.25, -0.2) is 9.64 Å². The minimum absolute atomic E-state index is 0.166. The summed E-state index contributed by atoms with van der Waals surface area (Å²) in [5.41, 5.74) is 10.4. The Morgan fingerprint density at radius 2 is 1.91 bits per heavy atom. The molecule has 0 atom stereocenters. The van der Waals surface area contributed by atoms with Gasteiger partial charge in [0.15, 0.2) is 5.69 Å². The van der Waals surface area contributed by atoms with Crippen LogP contribution in [0.2, 0.25) is 5.02 Å². The predicted octanol–water partition coefficient (Wildman–Crippen LogP) is 4.10. The van der Waals surface area contributed by atoms with E-state index < -0.39 is 5.91 Å². The van der Waals surface area contributed by atoms with Gasteiger partial charge in [0, 0.05) is 30.2 Å². The number of hydrogen-bond donors (Lipinski definition) is 2. The molecule has 3 heterocycles. The first kappa shape index (κ1) is 22.4. The van der Waals surface area contributed by atoms with Crippen molar-refractivity contribution in [3.8, 4) is 11.3 Å². The summed E-state index contributed by atoms with van der Waals surface area (Å²) in [5.74, 6) is -0.627. The Balaban J connectivity index is 1.48. The molecule has 1 aliphatic rings. The second-order valence-corrected chi connectivity index (χ2v) is 8.74. The lowest BCUT2D eigenvalue weighted by molar-refractivity contribution is 0.0997. The minimum Gasteiger partial charge on any atom is -0.365 e. The average Bonchev–Trinajstić information content (AvgIpc) is 3.36. The number of aromatic nitrogens is 4. The highest BCUT2D eigenvalue weighted by atomic mass is 35.5. The molecule has 10 nitrogen and oxygen atoms in total. The summed E-state index contributed by atoms with van der Waals surface area (Å²) in [6, 6.07) is 9.96. The number of hydrogen-bond acceptors (Lipinski definition) is 4. The molecule has 3 N–H and O–H groups in total. The first-order valence-electron chi connectivity index (χ1n) is 10.8. The molecule has 0 saturated heterocycles. The van der Waals surface area contributed by atoms with Gasteiger partial charge in [0.2, 0.25) is 0 Å². The minimum atomic E-state index is -0.627. The lowest BCUT2D eigenvalue weighted by Crippen LogP contribution is -2.41. The third kappa shape index (κ3) is 3.86. The van der Waals surface area contributed by atoms with E-state index in [0.29, 0.717) is 46.4 Å². The highest BCUT2D eigenvalue weighted by Crippen LogP contribution is 2.35. The van der Waals surface area contributed by atoms with E-state index >= 15 is 0 Å². The molecule has 0 aliphatic carbocycles. The molecule has 0 saturated carbocycles. The molecule has 176 valence electrons. The van der Waals surface area contributed by atoms with Gasteiger partial charge in [0.05, 0.1) is 47.2 Å². The number of fused-ring (bicyclic) bond motifs is 2. The number of aryl methyl sites for hydroxylation is 2. The lowest BCUT2D eigenvalue weighted by atomic mass is 10.0. The monoisotopic (exact) mass is 488 g/mol. The number of carbonyl (C=O) groups excluding carboxylic acids is 2. The van der Waals surface area contributed by atoms with Crippen molar-refractivity contribution in [2.24, 2.45) is 12.8 Å². The molecular formula is C24H21ClN8O2. The maximum Gasteiger partial charge on any atom is 0.322 e. The van der Waals surface area contributed by atoms with Gasteiger partial charge in [-0.15, -0.1) is 0 Å². The molecule has 35 heavy (non-hydrogen) atoms. The Morgan fingerprint density at radius 1 is 1.17 bits per heavy atom. The summed E-state index contributed by atoms with van der Waals surface area (Å²) in [6.45, 7) is 9.90. The van der Waals surface area contributed by atoms with E-state index in [1.807, 2.05) is 20.0 Å². The number of urea groups is 1. The average molecular weight is 489 g/mol. The van der Waals surface area contributed by atoms with E-state index in [1.165, 1.54) is 0 Å². The quantitative estimate of drug-likeness (QED) is 0.422. The van der Waals surface area contributed by atoms with Gasteiger partial charge in [-0.05, 0) is 31.2 Å². The molecule has 0 bridgehead atoms. The number of halogens is 1. The second kappa shape index (κ2) is 8.45. The summed E-state index contributed by atoms with van der Waals surface area (Å²) in [4.78, 5) is 30.4. The highest BCUT2D eigenvalue weighted by Gasteiger charge is 2.30. The fraction of sp³-hybridized carbons (Fsp3) is 0.208. The van der Waals surface area contributed by atoms with Crippen LogP contribution < -0.4 is 11.1 Å². The van der Waals surface area contributed by atoms with Gasteiger partial charge in [-0.2, -0.15) is 10.2 Å². The largest absolute Gasteiger partial charge is 0.365 e. The summed E-state index contributed by atoms with van der Waals surface area (Å²) < 4.78 is 3.44. The fourth-order valence-electron chi connectivity index (χ4n) is 4.44. The van der Waals surface area contributed by atoms with Crippen LogP contribution in [0.15, 0.2) is 36.4 Å². The van der Waals surface area contributed by atoms with Crippen molar-refractivity contribution in [1.29, 1.82) is 0 Å². The van der Waals surface area contributed by atoms with Gasteiger partial charge in [0.25, 0.3) is 5.91 Å². The predicted molar refractivity (Wildman–Crippen MR) is 132 cm³/mol. The van der Waals surface area contributed by atoms with Crippen LogP contribution in [0.3, 0.4) is 0 Å². The number of nitrogens with two attached hydrogens (primary N) is 1. The summed E-state index contributed by atoms with van der Waals surface area (Å²) >= 11 is 6.56. The van der Waals surface area contributed by atoms with Crippen LogP contribution in [0.25, 0.3) is 27.0 Å². The van der Waals surface area contributed by atoms with Crippen LogP contribution in [0.4, 0.5) is 16.2 Å². The molecule has 3 amide bonds. The number of carbonyl (C=O) groups is 2. The van der Waals surface area contributed by atoms with Crippen LogP contribution in [0.5, 0.6) is 0 Å². The highest BCUT2D eigenvalue weighted by molar-refractivity contribution is 6.35. The number of benzene rings is 2. The molecule has 0 radical (unpaired) electrons. The van der Waals surface area contributed by atoms with Crippen LogP contribution >= 0.6 is 11.6 Å². The lowest BCUT2D eigenvalue weighted by Gasteiger charge is -2.28. The number of rotatable bonds is 3. The third-order valence-electron chi connectivity index (χ3n) is 6.11. The van der Waals surface area contributed by atoms with Crippen molar-refractivity contribution in [2.45, 2.75) is 20.0 Å². The molecule has 11 heteroatoms. The van der Waals surface area contributed by atoms with E-state index in [9.17, 15) is 9.59 Å². The zero-order valence-corrected chi connectivity index (χ0v) is 19.8. The first-order chi connectivity index (χ1) is 16.8. The number of anilines is 1. The fourth-order valence-corrected chi connectivity index (χ4v) is 4.78. The van der Waals surface area contributed by atoms with Crippen molar-refractivity contribution >= 4 is 45.8 Å². The Hall–Kier alpha value is -4.36. The zero-order valence-electron chi connectivity index (χ0n) is 19.0. The van der Waals surface area contributed by atoms with Crippen molar-refractivity contribution in [3.63, 3.8) is 0 Å². The van der Waals surface area contributed by atoms with Crippen LogP contribution in [0.1, 0.15) is 21.7 Å². The van der Waals surface area contributed by atoms with E-state index in [2.05, 4.69) is 20.4 Å². The summed E-state index contributed by atoms with van der Waals surface area (Å²) in [6.07, 6.45) is 0. The maximum atomic E-state index is 12.9. The second-order valence-electron chi connectivity index (χ2n) is 8.33. The Kier molecular flexibility index (Phi) is 5.42. The molecule has 2 aromatic carbocycles. The normalized spacial score (nSPS) is 12.9. The third-order valence-corrected chi connectivity index (χ3v) is 6.40. The molecular weight excluding hydrogens is 468 g/mol. The smallest absolute Gasteiger partial charge is 0.322 e. The van der Waals surface area contributed by atoms with Gasteiger partial charge in [0.1, 0.15) is 5.69 Å². The van der Waals surface area contributed by atoms with E-state index in [-0.39, 0.29) is 18.1 Å². The molecule has 1 aliphatic heterocycles. The van der Waals surface area contributed by atoms with Crippen LogP contribution in [-0.4, -0.2) is 42.9 Å². The molecule has 0 spiro atoms. The van der Waals surface area contributed by atoms with Gasteiger partial charge in [-0.1, -0.05) is 23.7 Å². The SMILES string of the molecule is [C-]#[N+]c1ccc(NC(=O)N2CCn3nc(-c4cc(Cl)c5c(c4)c(C)nn5C)c(C(N)=O)c3C2)cc1. The van der Waals surface area contributed by atoms with Crippen molar-refractivity contribution < 1.29 is 9.59 Å². The topological polar surface area (TPSA) is 115 Å². The van der Waals surface area contributed by atoms with Crippen molar-refractivity contribution in [1.82, 2.24) is 24.5 Å². The Bertz CT molecular complexity index is 1540. The maximum absolute atomic E-state index is 12.9. The van der Waals surface area contributed by atoms with Gasteiger partial charge in [-0.3, -0.25) is 14.2 Å². The Labute approximate surface area is 205 Å². The van der Waals surface area contributed by atoms with Crippen LogP contribution in [-0.2, 0) is 20.1 Å². The van der Waals surface area contributed by atoms with Crippen LogP contribution in [0, 0.1) is 13.5 Å². The number of nitrogens with zero attached hydrogens (tertiary/aromatic N) is 6. The Morgan fingerprint density at radius 3 is 2.60 bits per heavy atom. The molecule has 2 aromatic heterocycles. The number of nitrogens with one attached hydrogen (secondary N) is 1. The van der Waals surface area contributed by atoms with Crippen molar-refractivity contribution in [2.75, 3.05) is 11.9 Å². The van der Waals surface area contributed by atoms with E-state index in [0.717, 1.165) is 16.6 Å². The summed E-state index contributed by atoms with van der Waals surface area (Å²) in [5, 5.41) is 13.3. The van der Waals surface area contributed by atoms with Crippen molar-refractivity contribution in [3.05, 3.63) is 69.8 Å². The molecule has 4 aromatic rings. The molecule has 0 unspecified atom stereocenters. The van der Waals surface area contributed by atoms with Gasteiger partial charge < -0.3 is 16.0 Å². The van der Waals surface area contributed by atoms with Gasteiger partial charge >= 0.3 is 6.03 Å². The summed E-state index contributed by atoms with van der Waals surface area (Å²) in [7, 11) is 1.82. The van der Waals surface area contributed by atoms with E-state index in [1.54, 1.807) is 44.6 Å².